The van der Waals surface area contributed by atoms with Gasteiger partial charge in [-0.2, -0.15) is 4.98 Å². The summed E-state index contributed by atoms with van der Waals surface area (Å²) in [6, 6.07) is 8.20. The highest BCUT2D eigenvalue weighted by atomic mass is 16.6. The second-order valence-electron chi connectivity index (χ2n) is 6.98. The lowest BCUT2D eigenvalue weighted by atomic mass is 10.0. The maximum atomic E-state index is 12.9. The number of aromatic amines is 1. The van der Waals surface area contributed by atoms with Crippen LogP contribution in [0, 0.1) is 0 Å². The van der Waals surface area contributed by atoms with E-state index in [9.17, 15) is 14.4 Å². The van der Waals surface area contributed by atoms with Crippen molar-refractivity contribution in [3.05, 3.63) is 47.5 Å². The maximum Gasteiger partial charge on any atom is 0.408 e. The number of rotatable bonds is 7. The highest BCUT2D eigenvalue weighted by Gasteiger charge is 2.29. The summed E-state index contributed by atoms with van der Waals surface area (Å²) < 4.78 is 10.1. The van der Waals surface area contributed by atoms with E-state index >= 15 is 0 Å². The molecule has 1 heterocycles. The summed E-state index contributed by atoms with van der Waals surface area (Å²) in [4.78, 5) is 40.7. The van der Waals surface area contributed by atoms with Gasteiger partial charge in [-0.05, 0) is 33.3 Å². The van der Waals surface area contributed by atoms with Gasteiger partial charge in [0.15, 0.2) is 0 Å². The van der Waals surface area contributed by atoms with E-state index in [1.807, 2.05) is 30.3 Å². The Kier molecular flexibility index (Phi) is 6.86. The zero-order chi connectivity index (χ0) is 20.7. The molecule has 28 heavy (non-hydrogen) atoms. The minimum Gasteiger partial charge on any atom is -0.460 e. The number of H-pyrrole nitrogens is 1. The second kappa shape index (κ2) is 9.12. The summed E-state index contributed by atoms with van der Waals surface area (Å²) in [5, 5.41) is 8.73. The number of benzene rings is 1. The molecule has 9 heteroatoms. The van der Waals surface area contributed by atoms with Gasteiger partial charge in [-0.1, -0.05) is 30.3 Å². The molecule has 9 nitrogen and oxygen atoms in total. The van der Waals surface area contributed by atoms with E-state index in [2.05, 4.69) is 20.5 Å². The van der Waals surface area contributed by atoms with E-state index in [1.54, 1.807) is 27.7 Å². The van der Waals surface area contributed by atoms with Crippen molar-refractivity contribution in [1.29, 1.82) is 0 Å². The van der Waals surface area contributed by atoms with E-state index in [0.29, 0.717) is 0 Å². The summed E-state index contributed by atoms with van der Waals surface area (Å²) >= 11 is 0. The van der Waals surface area contributed by atoms with Crippen LogP contribution in [-0.2, 0) is 15.9 Å². The monoisotopic (exact) mass is 388 g/mol. The van der Waals surface area contributed by atoms with Crippen molar-refractivity contribution in [2.24, 2.45) is 0 Å². The molecule has 0 spiro atoms. The van der Waals surface area contributed by atoms with Crippen LogP contribution in [0.2, 0.25) is 0 Å². The van der Waals surface area contributed by atoms with Crippen molar-refractivity contribution < 1.29 is 23.9 Å². The van der Waals surface area contributed by atoms with Gasteiger partial charge in [-0.25, -0.2) is 9.59 Å². The molecule has 0 bridgehead atoms. The predicted molar refractivity (Wildman–Crippen MR) is 100.0 cm³/mol. The van der Waals surface area contributed by atoms with Gasteiger partial charge in [0.1, 0.15) is 11.6 Å². The van der Waals surface area contributed by atoms with E-state index < -0.39 is 29.5 Å². The first-order valence-corrected chi connectivity index (χ1v) is 8.86. The van der Waals surface area contributed by atoms with Crippen molar-refractivity contribution in [2.45, 2.75) is 45.8 Å². The fourth-order valence-corrected chi connectivity index (χ4v) is 2.33. The molecule has 1 unspecified atom stereocenters. The summed E-state index contributed by atoms with van der Waals surface area (Å²) in [6.45, 7) is 6.99. The van der Waals surface area contributed by atoms with Crippen LogP contribution < -0.4 is 5.32 Å². The molecule has 1 aromatic heterocycles. The van der Waals surface area contributed by atoms with Crippen molar-refractivity contribution in [2.75, 3.05) is 6.61 Å². The average Bonchev–Trinajstić information content (AvgIpc) is 3.10. The largest absolute Gasteiger partial charge is 0.460 e. The Labute approximate surface area is 162 Å². The molecule has 2 rings (SSSR count). The Morgan fingerprint density at radius 3 is 2.46 bits per heavy atom. The number of amides is 1. The van der Waals surface area contributed by atoms with Gasteiger partial charge in [0, 0.05) is 6.42 Å². The number of nitrogens with one attached hydrogen (secondary N) is 2. The normalized spacial score (nSPS) is 12.1. The van der Waals surface area contributed by atoms with Crippen LogP contribution in [0.1, 0.15) is 54.5 Å². The number of alkyl carbamates (subject to hydrolysis) is 1. The highest BCUT2D eigenvalue weighted by Crippen LogP contribution is 2.11. The van der Waals surface area contributed by atoms with Crippen molar-refractivity contribution in [3.63, 3.8) is 0 Å². The minimum atomic E-state index is -0.969. The lowest BCUT2D eigenvalue weighted by molar-refractivity contribution is 0.0486. The van der Waals surface area contributed by atoms with Gasteiger partial charge < -0.3 is 14.8 Å². The van der Waals surface area contributed by atoms with E-state index in [4.69, 9.17) is 9.47 Å². The molecule has 0 aliphatic carbocycles. The zero-order valence-electron chi connectivity index (χ0n) is 16.3. The topological polar surface area (TPSA) is 123 Å². The Bertz CT molecular complexity index is 826. The lowest BCUT2D eigenvalue weighted by Gasteiger charge is -2.22. The Balaban J connectivity index is 2.21. The van der Waals surface area contributed by atoms with Gasteiger partial charge in [-0.3, -0.25) is 9.89 Å². The number of aromatic nitrogens is 3. The molecule has 1 amide bonds. The van der Waals surface area contributed by atoms with E-state index in [1.165, 1.54) is 0 Å². The van der Waals surface area contributed by atoms with Crippen molar-refractivity contribution in [3.8, 4) is 0 Å². The third-order valence-electron chi connectivity index (χ3n) is 3.46. The third-order valence-corrected chi connectivity index (χ3v) is 3.46. The Hall–Kier alpha value is -3.23. The summed E-state index contributed by atoms with van der Waals surface area (Å²) in [6.07, 6.45) is -0.523. The first-order chi connectivity index (χ1) is 13.2. The number of carbonyl (C=O) groups is 3. The fraction of sp³-hybridized carbons (Fsp3) is 0.421. The quantitative estimate of drug-likeness (QED) is 0.551. The Morgan fingerprint density at radius 2 is 1.86 bits per heavy atom. The summed E-state index contributed by atoms with van der Waals surface area (Å²) in [7, 11) is 0. The predicted octanol–water partition coefficient (Wildman–Crippen LogP) is 2.30. The summed E-state index contributed by atoms with van der Waals surface area (Å²) in [5.74, 6) is -1.67. The zero-order valence-corrected chi connectivity index (χ0v) is 16.3. The van der Waals surface area contributed by atoms with E-state index in [0.717, 1.165) is 5.56 Å². The first kappa shape index (κ1) is 21.1. The lowest BCUT2D eigenvalue weighted by Crippen LogP contribution is -2.45. The number of nitrogens with zero attached hydrogens (tertiary/aromatic N) is 2. The van der Waals surface area contributed by atoms with E-state index in [-0.39, 0.29) is 24.7 Å². The first-order valence-electron chi connectivity index (χ1n) is 8.86. The van der Waals surface area contributed by atoms with Crippen molar-refractivity contribution in [1.82, 2.24) is 20.5 Å². The van der Waals surface area contributed by atoms with Crippen LogP contribution in [0.25, 0.3) is 0 Å². The molecule has 0 radical (unpaired) electrons. The molecule has 0 saturated heterocycles. The average molecular weight is 388 g/mol. The molecule has 1 aromatic carbocycles. The highest BCUT2D eigenvalue weighted by molar-refractivity contribution is 5.99. The minimum absolute atomic E-state index is 0.166. The number of Topliss-reactive ketones (excluding diaryl/α,β-unsaturated/α-hetero) is 1. The SMILES string of the molecule is CCOC(=O)c1nc(C(=O)C(Cc2ccccc2)NC(=O)OC(C)(C)C)n[nH]1. The smallest absolute Gasteiger partial charge is 0.408 e. The van der Waals surface area contributed by atoms with Crippen LogP contribution in [0.15, 0.2) is 30.3 Å². The maximum absolute atomic E-state index is 12.9. The number of carbonyl (C=O) groups excluding carboxylic acids is 3. The number of esters is 1. The van der Waals surface area contributed by atoms with Crippen molar-refractivity contribution >= 4 is 17.8 Å². The standard InChI is InChI=1S/C19H24N4O5/c1-5-27-17(25)16-21-15(22-23-16)14(24)13(11-12-9-7-6-8-10-12)20-18(26)28-19(2,3)4/h6-10,13H,5,11H2,1-4H3,(H,20,26)(H,21,22,23). The molecule has 0 fully saturated rings. The van der Waals surface area contributed by atoms with Gasteiger partial charge in [0.2, 0.25) is 17.4 Å². The molecule has 0 aliphatic rings. The summed E-state index contributed by atoms with van der Waals surface area (Å²) in [5.41, 5.74) is 0.115. The van der Waals surface area contributed by atoms with Gasteiger partial charge in [-0.15, -0.1) is 5.10 Å². The van der Waals surface area contributed by atoms with Gasteiger partial charge in [0.25, 0.3) is 0 Å². The van der Waals surface area contributed by atoms with Crippen LogP contribution in [0.4, 0.5) is 4.79 Å². The molecular weight excluding hydrogens is 364 g/mol. The number of ketones is 1. The molecule has 1 atom stereocenters. The molecule has 0 saturated carbocycles. The molecule has 0 aliphatic heterocycles. The molecule has 2 aromatic rings. The number of hydrogen-bond donors (Lipinski definition) is 2. The van der Waals surface area contributed by atoms with Crippen LogP contribution in [-0.4, -0.2) is 51.3 Å². The molecule has 150 valence electrons. The van der Waals surface area contributed by atoms with Crippen LogP contribution >= 0.6 is 0 Å². The Morgan fingerprint density at radius 1 is 1.18 bits per heavy atom. The number of hydrogen-bond acceptors (Lipinski definition) is 7. The fourth-order valence-electron chi connectivity index (χ4n) is 2.33. The third kappa shape index (κ3) is 6.19. The van der Waals surface area contributed by atoms with Crippen LogP contribution in [0.3, 0.4) is 0 Å². The molecular formula is C19H24N4O5. The number of ether oxygens (including phenoxy) is 2. The van der Waals surface area contributed by atoms with Gasteiger partial charge in [0.05, 0.1) is 6.61 Å². The van der Waals surface area contributed by atoms with Gasteiger partial charge >= 0.3 is 12.1 Å². The second-order valence-corrected chi connectivity index (χ2v) is 6.98. The molecule has 2 N–H and O–H groups in total. The van der Waals surface area contributed by atoms with Crippen LogP contribution in [0.5, 0.6) is 0 Å².